The predicted molar refractivity (Wildman–Crippen MR) is 81.5 cm³/mol. The smallest absolute Gasteiger partial charge is 0.256 e. The molecule has 0 bridgehead atoms. The van der Waals surface area contributed by atoms with Crippen LogP contribution in [0.1, 0.15) is 25.8 Å². The summed E-state index contributed by atoms with van der Waals surface area (Å²) < 4.78 is 1.78. The molecule has 0 saturated carbocycles. The van der Waals surface area contributed by atoms with E-state index >= 15 is 0 Å². The van der Waals surface area contributed by atoms with Gasteiger partial charge < -0.3 is 9.67 Å². The number of aromatic nitrogens is 1. The Kier molecular flexibility index (Phi) is 4.74. The first kappa shape index (κ1) is 14.5. The van der Waals surface area contributed by atoms with Gasteiger partial charge in [0.25, 0.3) is 5.56 Å². The van der Waals surface area contributed by atoms with E-state index in [1.807, 2.05) is 36.4 Å². The van der Waals surface area contributed by atoms with Crippen LogP contribution in [0.25, 0.3) is 11.3 Å². The molecule has 0 spiro atoms. The summed E-state index contributed by atoms with van der Waals surface area (Å²) in [5.74, 6) is 0.531. The number of aliphatic hydroxyl groups is 1. The first-order valence-electron chi connectivity index (χ1n) is 7.02. The zero-order valence-electron chi connectivity index (χ0n) is 12.0. The van der Waals surface area contributed by atoms with E-state index in [1.165, 1.54) is 0 Å². The zero-order valence-corrected chi connectivity index (χ0v) is 12.0. The Balaban J connectivity index is 2.51. The molecule has 0 unspecified atom stereocenters. The van der Waals surface area contributed by atoms with Crippen LogP contribution < -0.4 is 5.56 Å². The lowest BCUT2D eigenvalue weighted by atomic mass is 10.1. The average molecular weight is 271 g/mol. The van der Waals surface area contributed by atoms with Crippen LogP contribution in [-0.4, -0.2) is 9.67 Å². The maximum absolute atomic E-state index is 12.4. The summed E-state index contributed by atoms with van der Waals surface area (Å²) >= 11 is 0. The molecule has 2 aromatic rings. The standard InChI is InChI=1S/C17H21NO2/c1-13(2)10-11-18-16(14-6-4-3-5-7-14)9-8-15(12-19)17(18)20/h3-9,13,19H,10-12H2,1-2H3. The highest BCUT2D eigenvalue weighted by molar-refractivity contribution is 5.59. The van der Waals surface area contributed by atoms with E-state index in [2.05, 4.69) is 13.8 Å². The van der Waals surface area contributed by atoms with Gasteiger partial charge in [0.15, 0.2) is 0 Å². The Hall–Kier alpha value is -1.87. The Morgan fingerprint density at radius 1 is 1.10 bits per heavy atom. The fourth-order valence-electron chi connectivity index (χ4n) is 2.21. The lowest BCUT2D eigenvalue weighted by Gasteiger charge is -2.15. The van der Waals surface area contributed by atoms with Crippen molar-refractivity contribution < 1.29 is 5.11 Å². The fourth-order valence-corrected chi connectivity index (χ4v) is 2.21. The van der Waals surface area contributed by atoms with E-state index in [0.717, 1.165) is 17.7 Å². The van der Waals surface area contributed by atoms with E-state index in [4.69, 9.17) is 0 Å². The van der Waals surface area contributed by atoms with Gasteiger partial charge in [0.05, 0.1) is 12.3 Å². The molecule has 3 nitrogen and oxygen atoms in total. The molecule has 0 atom stereocenters. The van der Waals surface area contributed by atoms with Crippen LogP contribution in [0.5, 0.6) is 0 Å². The summed E-state index contributed by atoms with van der Waals surface area (Å²) in [5.41, 5.74) is 2.30. The first-order chi connectivity index (χ1) is 9.63. The van der Waals surface area contributed by atoms with Crippen molar-refractivity contribution in [1.29, 1.82) is 0 Å². The van der Waals surface area contributed by atoms with E-state index in [1.54, 1.807) is 10.6 Å². The molecule has 3 heteroatoms. The first-order valence-corrected chi connectivity index (χ1v) is 7.02. The van der Waals surface area contributed by atoms with Gasteiger partial charge in [0.1, 0.15) is 0 Å². The third-order valence-electron chi connectivity index (χ3n) is 3.42. The minimum atomic E-state index is -0.213. The van der Waals surface area contributed by atoms with E-state index in [9.17, 15) is 9.90 Å². The summed E-state index contributed by atoms with van der Waals surface area (Å²) in [6, 6.07) is 13.5. The Morgan fingerprint density at radius 2 is 1.80 bits per heavy atom. The highest BCUT2D eigenvalue weighted by Crippen LogP contribution is 2.19. The van der Waals surface area contributed by atoms with Crippen LogP contribution in [0.4, 0.5) is 0 Å². The quantitative estimate of drug-likeness (QED) is 0.908. The zero-order chi connectivity index (χ0) is 14.5. The van der Waals surface area contributed by atoms with Gasteiger partial charge in [-0.3, -0.25) is 4.79 Å². The lowest BCUT2D eigenvalue weighted by Crippen LogP contribution is -2.25. The van der Waals surface area contributed by atoms with Crippen LogP contribution in [0.15, 0.2) is 47.3 Å². The van der Waals surface area contributed by atoms with Gasteiger partial charge in [0, 0.05) is 12.1 Å². The van der Waals surface area contributed by atoms with Crippen molar-refractivity contribution in [1.82, 2.24) is 4.57 Å². The Bertz CT molecular complexity index is 615. The number of hydrogen-bond donors (Lipinski definition) is 1. The average Bonchev–Trinajstić information content (AvgIpc) is 2.46. The third kappa shape index (κ3) is 3.17. The van der Waals surface area contributed by atoms with Crippen molar-refractivity contribution in [3.63, 3.8) is 0 Å². The number of aliphatic hydroxyl groups excluding tert-OH is 1. The largest absolute Gasteiger partial charge is 0.391 e. The van der Waals surface area contributed by atoms with Crippen LogP contribution in [0.3, 0.4) is 0 Å². The van der Waals surface area contributed by atoms with Crippen LogP contribution in [0.2, 0.25) is 0 Å². The minimum Gasteiger partial charge on any atom is -0.391 e. The van der Waals surface area contributed by atoms with Crippen molar-refractivity contribution in [3.05, 3.63) is 58.4 Å². The van der Waals surface area contributed by atoms with Crippen molar-refractivity contribution in [3.8, 4) is 11.3 Å². The molecule has 1 aromatic carbocycles. The Morgan fingerprint density at radius 3 is 2.40 bits per heavy atom. The van der Waals surface area contributed by atoms with Gasteiger partial charge in [-0.25, -0.2) is 0 Å². The van der Waals surface area contributed by atoms with Crippen LogP contribution in [0, 0.1) is 5.92 Å². The van der Waals surface area contributed by atoms with Crippen molar-refractivity contribution in [2.45, 2.75) is 33.4 Å². The second kappa shape index (κ2) is 6.53. The van der Waals surface area contributed by atoms with Crippen LogP contribution >= 0.6 is 0 Å². The third-order valence-corrected chi connectivity index (χ3v) is 3.42. The van der Waals surface area contributed by atoms with Gasteiger partial charge >= 0.3 is 0 Å². The molecule has 0 aliphatic carbocycles. The lowest BCUT2D eigenvalue weighted by molar-refractivity contribution is 0.279. The van der Waals surface area contributed by atoms with Gasteiger partial charge in [-0.15, -0.1) is 0 Å². The maximum Gasteiger partial charge on any atom is 0.256 e. The molecular formula is C17H21NO2. The molecule has 0 radical (unpaired) electrons. The number of hydrogen-bond acceptors (Lipinski definition) is 2. The molecule has 0 amide bonds. The topological polar surface area (TPSA) is 42.2 Å². The van der Waals surface area contributed by atoms with Crippen LogP contribution in [-0.2, 0) is 13.2 Å². The monoisotopic (exact) mass is 271 g/mol. The van der Waals surface area contributed by atoms with Gasteiger partial charge in [-0.05, 0) is 30.0 Å². The molecule has 1 heterocycles. The van der Waals surface area contributed by atoms with Crippen molar-refractivity contribution in [2.24, 2.45) is 5.92 Å². The van der Waals surface area contributed by atoms with Gasteiger partial charge in [-0.1, -0.05) is 44.2 Å². The van der Waals surface area contributed by atoms with E-state index in [0.29, 0.717) is 18.0 Å². The van der Waals surface area contributed by atoms with E-state index in [-0.39, 0.29) is 12.2 Å². The van der Waals surface area contributed by atoms with Crippen molar-refractivity contribution >= 4 is 0 Å². The molecule has 1 aromatic heterocycles. The summed E-state index contributed by atoms with van der Waals surface area (Å²) in [7, 11) is 0. The normalized spacial score (nSPS) is 11.0. The summed E-state index contributed by atoms with van der Waals surface area (Å²) in [6.45, 7) is 4.75. The molecule has 1 N–H and O–H groups in total. The number of pyridine rings is 1. The summed E-state index contributed by atoms with van der Waals surface area (Å²) in [5, 5.41) is 9.27. The minimum absolute atomic E-state index is 0.0884. The number of rotatable bonds is 5. The summed E-state index contributed by atoms with van der Waals surface area (Å²) in [6.07, 6.45) is 0.939. The maximum atomic E-state index is 12.4. The van der Waals surface area contributed by atoms with Gasteiger partial charge in [0.2, 0.25) is 0 Å². The second-order valence-corrected chi connectivity index (χ2v) is 5.41. The highest BCUT2D eigenvalue weighted by atomic mass is 16.3. The SMILES string of the molecule is CC(C)CCn1c(-c2ccccc2)ccc(CO)c1=O. The van der Waals surface area contributed by atoms with E-state index < -0.39 is 0 Å². The molecule has 106 valence electrons. The molecule has 0 saturated heterocycles. The predicted octanol–water partition coefficient (Wildman–Crippen LogP) is 3.05. The number of benzene rings is 1. The molecule has 0 aliphatic heterocycles. The molecule has 0 fully saturated rings. The molecule has 2 rings (SSSR count). The van der Waals surface area contributed by atoms with Gasteiger partial charge in [-0.2, -0.15) is 0 Å². The molecular weight excluding hydrogens is 250 g/mol. The number of nitrogens with zero attached hydrogens (tertiary/aromatic N) is 1. The second-order valence-electron chi connectivity index (χ2n) is 5.41. The van der Waals surface area contributed by atoms with Crippen molar-refractivity contribution in [2.75, 3.05) is 0 Å². The summed E-state index contributed by atoms with van der Waals surface area (Å²) in [4.78, 5) is 12.4. The fraction of sp³-hybridized carbons (Fsp3) is 0.353. The molecule has 0 aliphatic rings. The Labute approximate surface area is 119 Å². The molecule has 20 heavy (non-hydrogen) atoms. The highest BCUT2D eigenvalue weighted by Gasteiger charge is 2.10.